The van der Waals surface area contributed by atoms with Crippen molar-refractivity contribution in [1.82, 2.24) is 5.32 Å². The molecule has 0 saturated carbocycles. The zero-order valence-electron chi connectivity index (χ0n) is 7.49. The molecule has 13 heavy (non-hydrogen) atoms. The quantitative estimate of drug-likeness (QED) is 0.601. The molecule has 0 radical (unpaired) electrons. The number of Topliss-reactive ketones (excluding diaryl/α,β-unsaturated/α-hetero) is 1. The summed E-state index contributed by atoms with van der Waals surface area (Å²) in [5, 5.41) is 2.19. The van der Waals surface area contributed by atoms with Crippen LogP contribution in [-0.2, 0) is 14.3 Å². The normalized spacial score (nSPS) is 11.5. The van der Waals surface area contributed by atoms with Crippen LogP contribution < -0.4 is 11.1 Å². The molecule has 2 amide bonds. The molecule has 0 aromatic carbocycles. The Labute approximate surface area is 75.4 Å². The van der Waals surface area contributed by atoms with Gasteiger partial charge in [-0.05, 0) is 6.92 Å². The van der Waals surface area contributed by atoms with Gasteiger partial charge >= 0.3 is 6.09 Å². The Kier molecular flexibility index (Phi) is 4.50. The van der Waals surface area contributed by atoms with E-state index in [2.05, 4.69) is 10.1 Å². The van der Waals surface area contributed by atoms with Crippen LogP contribution in [0.2, 0.25) is 0 Å². The van der Waals surface area contributed by atoms with Crippen LogP contribution in [0.15, 0.2) is 0 Å². The summed E-state index contributed by atoms with van der Waals surface area (Å²) in [7, 11) is 1.16. The van der Waals surface area contributed by atoms with Crippen molar-refractivity contribution in [3.05, 3.63) is 0 Å². The first-order valence-electron chi connectivity index (χ1n) is 3.60. The minimum absolute atomic E-state index is 0.218. The van der Waals surface area contributed by atoms with E-state index in [4.69, 9.17) is 5.73 Å². The van der Waals surface area contributed by atoms with Crippen LogP contribution in [0.3, 0.4) is 0 Å². The van der Waals surface area contributed by atoms with Gasteiger partial charge in [-0.3, -0.25) is 9.59 Å². The standard InChI is InChI=1S/C7H12N2O4/c1-4(10)5(3-6(8)11)9-7(12)13-2/h5H,3H2,1-2H3,(H2,8,11)(H,9,12). The molecule has 3 N–H and O–H groups in total. The zero-order valence-corrected chi connectivity index (χ0v) is 7.49. The van der Waals surface area contributed by atoms with Crippen molar-refractivity contribution >= 4 is 17.8 Å². The Morgan fingerprint density at radius 2 is 2.00 bits per heavy atom. The third-order valence-corrected chi connectivity index (χ3v) is 1.37. The Balaban J connectivity index is 4.18. The van der Waals surface area contributed by atoms with E-state index in [0.717, 1.165) is 7.11 Å². The minimum atomic E-state index is -0.898. The van der Waals surface area contributed by atoms with Gasteiger partial charge in [-0.1, -0.05) is 0 Å². The summed E-state index contributed by atoms with van der Waals surface area (Å²) in [4.78, 5) is 32.0. The van der Waals surface area contributed by atoms with Gasteiger partial charge in [0, 0.05) is 0 Å². The second-order valence-corrected chi connectivity index (χ2v) is 2.47. The molecule has 6 heteroatoms. The summed E-state index contributed by atoms with van der Waals surface area (Å²) < 4.78 is 4.26. The van der Waals surface area contributed by atoms with Crippen LogP contribution in [-0.4, -0.2) is 30.9 Å². The predicted molar refractivity (Wildman–Crippen MR) is 43.8 cm³/mol. The summed E-state index contributed by atoms with van der Waals surface area (Å²) in [6.45, 7) is 1.25. The van der Waals surface area contributed by atoms with E-state index in [-0.39, 0.29) is 12.2 Å². The number of methoxy groups -OCH3 is 1. The number of ether oxygens (including phenoxy) is 1. The lowest BCUT2D eigenvalue weighted by Crippen LogP contribution is -2.42. The smallest absolute Gasteiger partial charge is 0.407 e. The Bertz CT molecular complexity index is 227. The summed E-state index contributed by atoms with van der Waals surface area (Å²) in [5.74, 6) is -0.999. The molecule has 0 bridgehead atoms. The number of ketones is 1. The van der Waals surface area contributed by atoms with Crippen molar-refractivity contribution in [1.29, 1.82) is 0 Å². The maximum atomic E-state index is 10.9. The fourth-order valence-electron chi connectivity index (χ4n) is 0.699. The first-order chi connectivity index (χ1) is 5.97. The van der Waals surface area contributed by atoms with E-state index in [9.17, 15) is 14.4 Å². The number of alkyl carbamates (subject to hydrolysis) is 1. The maximum Gasteiger partial charge on any atom is 0.407 e. The summed E-state index contributed by atoms with van der Waals surface area (Å²) in [5.41, 5.74) is 4.87. The van der Waals surface area contributed by atoms with Crippen LogP contribution in [0.4, 0.5) is 4.79 Å². The zero-order chi connectivity index (χ0) is 10.4. The van der Waals surface area contributed by atoms with Crippen molar-refractivity contribution in [2.24, 2.45) is 5.73 Å². The molecule has 0 aliphatic carbocycles. The van der Waals surface area contributed by atoms with Crippen molar-refractivity contribution in [2.75, 3.05) is 7.11 Å². The van der Waals surface area contributed by atoms with Gasteiger partial charge in [0.25, 0.3) is 0 Å². The highest BCUT2D eigenvalue weighted by Crippen LogP contribution is 1.93. The van der Waals surface area contributed by atoms with Gasteiger partial charge in [-0.25, -0.2) is 4.79 Å². The number of rotatable bonds is 4. The van der Waals surface area contributed by atoms with Crippen molar-refractivity contribution in [2.45, 2.75) is 19.4 Å². The van der Waals surface area contributed by atoms with Crippen molar-refractivity contribution in [3.8, 4) is 0 Å². The molecule has 0 rings (SSSR count). The van der Waals surface area contributed by atoms with Crippen LogP contribution >= 0.6 is 0 Å². The first kappa shape index (κ1) is 11.4. The van der Waals surface area contributed by atoms with Gasteiger partial charge in [-0.15, -0.1) is 0 Å². The lowest BCUT2D eigenvalue weighted by molar-refractivity contribution is -0.124. The van der Waals surface area contributed by atoms with Crippen molar-refractivity contribution < 1.29 is 19.1 Å². The van der Waals surface area contributed by atoms with Crippen LogP contribution in [0.1, 0.15) is 13.3 Å². The lowest BCUT2D eigenvalue weighted by Gasteiger charge is -2.12. The molecule has 0 aliphatic rings. The number of carbonyl (C=O) groups is 3. The molecule has 1 unspecified atom stereocenters. The van der Waals surface area contributed by atoms with Gasteiger partial charge in [0.05, 0.1) is 19.6 Å². The molecule has 0 spiro atoms. The molecule has 74 valence electrons. The van der Waals surface area contributed by atoms with Gasteiger partial charge in [0.15, 0.2) is 5.78 Å². The Morgan fingerprint density at radius 3 is 2.31 bits per heavy atom. The monoisotopic (exact) mass is 188 g/mol. The maximum absolute atomic E-state index is 10.9. The average molecular weight is 188 g/mol. The number of nitrogens with two attached hydrogens (primary N) is 1. The molecule has 0 heterocycles. The first-order valence-corrected chi connectivity index (χ1v) is 3.60. The SMILES string of the molecule is COC(=O)NC(CC(N)=O)C(C)=O. The third kappa shape index (κ3) is 4.78. The number of hydrogen-bond acceptors (Lipinski definition) is 4. The predicted octanol–water partition coefficient (Wildman–Crippen LogP) is -0.825. The highest BCUT2D eigenvalue weighted by atomic mass is 16.5. The van der Waals surface area contributed by atoms with Gasteiger partial charge in [0.2, 0.25) is 5.91 Å². The Morgan fingerprint density at radius 1 is 1.46 bits per heavy atom. The van der Waals surface area contributed by atoms with Crippen molar-refractivity contribution in [3.63, 3.8) is 0 Å². The number of amides is 2. The highest BCUT2D eigenvalue weighted by Gasteiger charge is 2.19. The molecule has 0 aliphatic heterocycles. The summed E-state index contributed by atoms with van der Waals surface area (Å²) >= 11 is 0. The van der Waals surface area contributed by atoms with E-state index >= 15 is 0 Å². The fourth-order valence-corrected chi connectivity index (χ4v) is 0.699. The molecule has 0 fully saturated rings. The second kappa shape index (κ2) is 5.13. The Hall–Kier alpha value is -1.59. The topological polar surface area (TPSA) is 98.5 Å². The van der Waals surface area contributed by atoms with E-state index in [1.54, 1.807) is 0 Å². The van der Waals surface area contributed by atoms with Gasteiger partial charge in [-0.2, -0.15) is 0 Å². The number of hydrogen-bond donors (Lipinski definition) is 2. The number of nitrogens with one attached hydrogen (secondary N) is 1. The molecule has 6 nitrogen and oxygen atoms in total. The van der Waals surface area contributed by atoms with Gasteiger partial charge < -0.3 is 15.8 Å². The van der Waals surface area contributed by atoms with Crippen LogP contribution in [0.25, 0.3) is 0 Å². The molecule has 0 aromatic heterocycles. The molecule has 1 atom stereocenters. The summed E-state index contributed by atoms with van der Waals surface area (Å²) in [6.07, 6.45) is -0.980. The number of primary amides is 1. The lowest BCUT2D eigenvalue weighted by atomic mass is 10.1. The number of carbonyl (C=O) groups excluding carboxylic acids is 3. The van der Waals surface area contributed by atoms with Gasteiger partial charge in [0.1, 0.15) is 0 Å². The highest BCUT2D eigenvalue weighted by molar-refractivity contribution is 5.90. The second-order valence-electron chi connectivity index (χ2n) is 2.47. The van der Waals surface area contributed by atoms with E-state index in [1.165, 1.54) is 6.92 Å². The minimum Gasteiger partial charge on any atom is -0.453 e. The molecular formula is C7H12N2O4. The summed E-state index contributed by atoms with van der Waals surface area (Å²) in [6, 6.07) is -0.898. The van der Waals surface area contributed by atoms with Crippen LogP contribution in [0.5, 0.6) is 0 Å². The van der Waals surface area contributed by atoms with E-state index < -0.39 is 18.0 Å². The van der Waals surface area contributed by atoms with E-state index in [0.29, 0.717) is 0 Å². The molecular weight excluding hydrogens is 176 g/mol. The fraction of sp³-hybridized carbons (Fsp3) is 0.571. The molecule has 0 aromatic rings. The van der Waals surface area contributed by atoms with E-state index in [1.807, 2.05) is 0 Å². The average Bonchev–Trinajstić information content (AvgIpc) is 2.02. The largest absolute Gasteiger partial charge is 0.453 e. The third-order valence-electron chi connectivity index (χ3n) is 1.37. The molecule has 0 saturated heterocycles. The van der Waals surface area contributed by atoms with Crippen LogP contribution in [0, 0.1) is 0 Å².